The molecule has 1 aliphatic carbocycles. The summed E-state index contributed by atoms with van der Waals surface area (Å²) in [6.45, 7) is 1.01. The molecule has 1 aromatic carbocycles. The van der Waals surface area contributed by atoms with Gasteiger partial charge in [0.05, 0.1) is 11.9 Å². The number of rotatable bonds is 3. The van der Waals surface area contributed by atoms with Crippen LogP contribution in [0.3, 0.4) is 0 Å². The van der Waals surface area contributed by atoms with Crippen LogP contribution in [0.5, 0.6) is 0 Å². The third-order valence-corrected chi connectivity index (χ3v) is 4.73. The lowest BCUT2D eigenvalue weighted by molar-refractivity contribution is 0.410. The first-order valence-electron chi connectivity index (χ1n) is 8.28. The molecule has 0 amide bonds. The Morgan fingerprint density at radius 1 is 0.952 bits per heavy atom. The summed E-state index contributed by atoms with van der Waals surface area (Å²) in [5.74, 6) is 2.03. The van der Waals surface area contributed by atoms with E-state index < -0.39 is 0 Å². The molecule has 0 spiro atoms. The van der Waals surface area contributed by atoms with Gasteiger partial charge in [0.25, 0.3) is 0 Å². The van der Waals surface area contributed by atoms with E-state index in [-0.39, 0.29) is 12.4 Å². The topological polar surface area (TPSA) is 24.4 Å². The van der Waals surface area contributed by atoms with Crippen molar-refractivity contribution in [2.24, 2.45) is 10.9 Å². The number of aliphatic imine (C=N–C) groups is 1. The van der Waals surface area contributed by atoms with Crippen molar-refractivity contribution in [2.45, 2.75) is 57.4 Å². The fourth-order valence-corrected chi connectivity index (χ4v) is 3.60. The molecule has 1 atom stereocenters. The minimum atomic E-state index is 0. The quantitative estimate of drug-likeness (QED) is 0.843. The minimum Gasteiger partial charge on any atom is -0.367 e. The molecule has 1 fully saturated rings. The SMILES string of the molecule is Cl.c1ccc(C(NC2=NCCCCC2)C2CCCC2)cc1. The molecule has 1 aliphatic heterocycles. The first kappa shape index (κ1) is 16.4. The maximum Gasteiger partial charge on any atom is 0.0967 e. The molecule has 2 nitrogen and oxygen atoms in total. The Labute approximate surface area is 134 Å². The lowest BCUT2D eigenvalue weighted by Gasteiger charge is -2.27. The van der Waals surface area contributed by atoms with E-state index in [0.717, 1.165) is 18.9 Å². The average molecular weight is 307 g/mol. The predicted octanol–water partition coefficient (Wildman–Crippen LogP) is 4.90. The molecule has 1 unspecified atom stereocenters. The van der Waals surface area contributed by atoms with E-state index in [1.165, 1.54) is 56.3 Å². The first-order valence-corrected chi connectivity index (χ1v) is 8.28. The zero-order chi connectivity index (χ0) is 13.6. The highest BCUT2D eigenvalue weighted by Crippen LogP contribution is 2.35. The Kier molecular flexibility index (Phi) is 6.56. The highest BCUT2D eigenvalue weighted by atomic mass is 35.5. The number of benzene rings is 1. The van der Waals surface area contributed by atoms with E-state index in [1.54, 1.807) is 0 Å². The monoisotopic (exact) mass is 306 g/mol. The Bertz CT molecular complexity index is 438. The van der Waals surface area contributed by atoms with Crippen LogP contribution in [0.4, 0.5) is 0 Å². The van der Waals surface area contributed by atoms with E-state index in [0.29, 0.717) is 6.04 Å². The molecule has 0 aromatic heterocycles. The molecular weight excluding hydrogens is 280 g/mol. The fraction of sp³-hybridized carbons (Fsp3) is 0.611. The maximum atomic E-state index is 4.77. The standard InChI is InChI=1S/C18H26N2.ClH/c1-3-9-15(10-4-1)18(16-11-6-7-12-16)20-17-13-5-2-8-14-19-17;/h1,3-4,9-10,16,18H,2,5-8,11-14H2,(H,19,20);1H. The van der Waals surface area contributed by atoms with Crippen LogP contribution in [-0.4, -0.2) is 12.4 Å². The molecule has 116 valence electrons. The molecule has 3 rings (SSSR count). The van der Waals surface area contributed by atoms with Gasteiger partial charge in [0.1, 0.15) is 0 Å². The average Bonchev–Trinajstić information content (AvgIpc) is 2.90. The van der Waals surface area contributed by atoms with Crippen LogP contribution in [0.25, 0.3) is 0 Å². The van der Waals surface area contributed by atoms with E-state index in [9.17, 15) is 0 Å². The van der Waals surface area contributed by atoms with Crippen molar-refractivity contribution in [3.63, 3.8) is 0 Å². The van der Waals surface area contributed by atoms with Gasteiger partial charge in [0.2, 0.25) is 0 Å². The summed E-state index contributed by atoms with van der Waals surface area (Å²) in [5.41, 5.74) is 1.44. The van der Waals surface area contributed by atoms with Crippen LogP contribution in [0.2, 0.25) is 0 Å². The molecule has 21 heavy (non-hydrogen) atoms. The Morgan fingerprint density at radius 2 is 1.71 bits per heavy atom. The number of hydrogen-bond donors (Lipinski definition) is 1. The molecule has 0 saturated heterocycles. The molecule has 1 saturated carbocycles. The number of nitrogens with zero attached hydrogens (tertiary/aromatic N) is 1. The van der Waals surface area contributed by atoms with Crippen LogP contribution in [-0.2, 0) is 0 Å². The van der Waals surface area contributed by atoms with E-state index >= 15 is 0 Å². The molecular formula is C18H27ClN2. The fourth-order valence-electron chi connectivity index (χ4n) is 3.60. The van der Waals surface area contributed by atoms with Gasteiger partial charge in [-0.25, -0.2) is 0 Å². The second-order valence-corrected chi connectivity index (χ2v) is 6.22. The summed E-state index contributed by atoms with van der Waals surface area (Å²) in [5, 5.41) is 3.80. The molecule has 0 bridgehead atoms. The highest BCUT2D eigenvalue weighted by molar-refractivity contribution is 5.85. The summed E-state index contributed by atoms with van der Waals surface area (Å²) in [6.07, 6.45) is 10.5. The van der Waals surface area contributed by atoms with Gasteiger partial charge >= 0.3 is 0 Å². The number of nitrogens with one attached hydrogen (secondary N) is 1. The largest absolute Gasteiger partial charge is 0.367 e. The lowest BCUT2D eigenvalue weighted by atomic mass is 9.91. The van der Waals surface area contributed by atoms with Crippen molar-refractivity contribution in [2.75, 3.05) is 6.54 Å². The van der Waals surface area contributed by atoms with Crippen LogP contribution in [0.15, 0.2) is 35.3 Å². The van der Waals surface area contributed by atoms with Gasteiger partial charge in [0, 0.05) is 13.0 Å². The Balaban J connectivity index is 0.00000161. The third-order valence-electron chi connectivity index (χ3n) is 4.73. The van der Waals surface area contributed by atoms with Crippen molar-refractivity contribution in [1.29, 1.82) is 0 Å². The summed E-state index contributed by atoms with van der Waals surface area (Å²) in [4.78, 5) is 4.77. The predicted molar refractivity (Wildman–Crippen MR) is 92.3 cm³/mol. The van der Waals surface area contributed by atoms with Gasteiger partial charge in [-0.05, 0) is 37.2 Å². The zero-order valence-corrected chi connectivity index (χ0v) is 13.6. The smallest absolute Gasteiger partial charge is 0.0967 e. The van der Waals surface area contributed by atoms with Gasteiger partial charge in [-0.15, -0.1) is 12.4 Å². The normalized spacial score (nSPS) is 21.0. The number of amidine groups is 1. The van der Waals surface area contributed by atoms with Gasteiger partial charge in [0.15, 0.2) is 0 Å². The molecule has 2 aliphatic rings. The lowest BCUT2D eigenvalue weighted by Crippen LogP contribution is -2.32. The first-order chi connectivity index (χ1) is 9.93. The Hall–Kier alpha value is -1.02. The number of hydrogen-bond acceptors (Lipinski definition) is 2. The highest BCUT2D eigenvalue weighted by Gasteiger charge is 2.27. The van der Waals surface area contributed by atoms with Crippen molar-refractivity contribution in [3.05, 3.63) is 35.9 Å². The summed E-state index contributed by atoms with van der Waals surface area (Å²) >= 11 is 0. The minimum absolute atomic E-state index is 0. The third kappa shape index (κ3) is 4.47. The van der Waals surface area contributed by atoms with Crippen molar-refractivity contribution >= 4 is 18.2 Å². The van der Waals surface area contributed by atoms with Crippen LogP contribution >= 0.6 is 12.4 Å². The van der Waals surface area contributed by atoms with Gasteiger partial charge in [-0.3, -0.25) is 4.99 Å². The van der Waals surface area contributed by atoms with Crippen molar-refractivity contribution in [1.82, 2.24) is 5.32 Å². The summed E-state index contributed by atoms with van der Waals surface area (Å²) in [6, 6.07) is 11.4. The number of halogens is 1. The van der Waals surface area contributed by atoms with Crippen molar-refractivity contribution < 1.29 is 0 Å². The van der Waals surface area contributed by atoms with E-state index in [1.807, 2.05) is 0 Å². The molecule has 1 N–H and O–H groups in total. The summed E-state index contributed by atoms with van der Waals surface area (Å²) in [7, 11) is 0. The van der Waals surface area contributed by atoms with E-state index in [2.05, 4.69) is 35.6 Å². The maximum absolute atomic E-state index is 4.77. The van der Waals surface area contributed by atoms with Crippen molar-refractivity contribution in [3.8, 4) is 0 Å². The Morgan fingerprint density at radius 3 is 2.48 bits per heavy atom. The zero-order valence-electron chi connectivity index (χ0n) is 12.8. The second kappa shape index (κ2) is 8.43. The molecule has 1 aromatic rings. The molecule has 3 heteroatoms. The van der Waals surface area contributed by atoms with Gasteiger partial charge in [-0.1, -0.05) is 49.6 Å². The molecule has 0 radical (unpaired) electrons. The van der Waals surface area contributed by atoms with Crippen LogP contribution in [0.1, 0.15) is 63.0 Å². The van der Waals surface area contributed by atoms with Crippen LogP contribution < -0.4 is 5.32 Å². The van der Waals surface area contributed by atoms with Gasteiger partial charge in [-0.2, -0.15) is 0 Å². The van der Waals surface area contributed by atoms with E-state index in [4.69, 9.17) is 4.99 Å². The summed E-state index contributed by atoms with van der Waals surface area (Å²) < 4.78 is 0. The van der Waals surface area contributed by atoms with Crippen LogP contribution in [0, 0.1) is 5.92 Å². The molecule has 1 heterocycles. The second-order valence-electron chi connectivity index (χ2n) is 6.22. The van der Waals surface area contributed by atoms with Gasteiger partial charge < -0.3 is 5.32 Å².